The zero-order valence-electron chi connectivity index (χ0n) is 16.2. The van der Waals surface area contributed by atoms with Crippen molar-refractivity contribution in [2.45, 2.75) is 25.2 Å². The number of halogens is 3. The monoisotopic (exact) mass is 511 g/mol. The van der Waals surface area contributed by atoms with E-state index in [1.807, 2.05) is 31.2 Å². The van der Waals surface area contributed by atoms with Crippen LogP contribution in [0.25, 0.3) is 0 Å². The topological polar surface area (TPSA) is 63.2 Å². The highest BCUT2D eigenvalue weighted by atomic mass is 79.9. The molecule has 0 spiro atoms. The highest BCUT2D eigenvalue weighted by Crippen LogP contribution is 2.32. The number of benzene rings is 2. The van der Waals surface area contributed by atoms with Gasteiger partial charge >= 0.3 is 0 Å². The predicted molar refractivity (Wildman–Crippen MR) is 121 cm³/mol. The Bertz CT molecular complexity index is 960. The standard InChI is InChI=1S/C21H20BrCl2N3O3/c1-21(11-13-2-4-14(22)5-3-13)19(28)27(17-9-15(23)8-16(24)10-17)20(26-21)25-12-18-29-6-7-30-18/h2-5,8-10,18H,6-7,11-12H2,1H3,(H,25,26)/t21-/m1/s1. The van der Waals surface area contributed by atoms with E-state index in [4.69, 9.17) is 32.7 Å². The molecule has 2 fully saturated rings. The predicted octanol–water partition coefficient (Wildman–Crippen LogP) is 4.42. The van der Waals surface area contributed by atoms with E-state index in [1.54, 1.807) is 18.2 Å². The molecule has 2 heterocycles. The van der Waals surface area contributed by atoms with Gasteiger partial charge in [0.25, 0.3) is 5.91 Å². The van der Waals surface area contributed by atoms with Crippen molar-refractivity contribution in [3.05, 3.63) is 62.5 Å². The van der Waals surface area contributed by atoms with Crippen molar-refractivity contribution in [1.29, 1.82) is 0 Å². The molecule has 0 radical (unpaired) electrons. The summed E-state index contributed by atoms with van der Waals surface area (Å²) in [6, 6.07) is 12.9. The number of aliphatic imine (C=N–C) groups is 1. The summed E-state index contributed by atoms with van der Waals surface area (Å²) >= 11 is 15.8. The minimum absolute atomic E-state index is 0.143. The summed E-state index contributed by atoms with van der Waals surface area (Å²) in [5.41, 5.74) is 0.685. The third-order valence-corrected chi connectivity index (χ3v) is 5.90. The average molecular weight is 513 g/mol. The Morgan fingerprint density at radius 2 is 1.80 bits per heavy atom. The molecule has 0 saturated carbocycles. The van der Waals surface area contributed by atoms with Crippen molar-refractivity contribution >= 4 is 56.7 Å². The van der Waals surface area contributed by atoms with Crippen molar-refractivity contribution in [3.63, 3.8) is 0 Å². The second-order valence-corrected chi connectivity index (χ2v) is 9.15. The van der Waals surface area contributed by atoms with Gasteiger partial charge in [0, 0.05) is 20.9 Å². The lowest BCUT2D eigenvalue weighted by atomic mass is 9.93. The van der Waals surface area contributed by atoms with Gasteiger partial charge in [0.05, 0.1) is 25.4 Å². The van der Waals surface area contributed by atoms with E-state index in [0.29, 0.717) is 41.3 Å². The SMILES string of the molecule is C[C@]1(Cc2ccc(Br)cc2)NC(=NCC2OCCO2)N(c2cc(Cl)cc(Cl)c2)C1=O. The molecule has 0 unspecified atom stereocenters. The van der Waals surface area contributed by atoms with Crippen LogP contribution >= 0.6 is 39.1 Å². The van der Waals surface area contributed by atoms with Gasteiger partial charge in [0.2, 0.25) is 5.96 Å². The van der Waals surface area contributed by atoms with Crippen molar-refractivity contribution in [3.8, 4) is 0 Å². The van der Waals surface area contributed by atoms with Crippen LogP contribution in [0.15, 0.2) is 51.9 Å². The van der Waals surface area contributed by atoms with Gasteiger partial charge in [-0.1, -0.05) is 51.3 Å². The zero-order valence-corrected chi connectivity index (χ0v) is 19.3. The quantitative estimate of drug-likeness (QED) is 0.644. The first-order chi connectivity index (χ1) is 14.3. The van der Waals surface area contributed by atoms with Gasteiger partial charge in [-0.2, -0.15) is 0 Å². The molecule has 0 aromatic heterocycles. The molecule has 6 nitrogen and oxygen atoms in total. The first-order valence-corrected chi connectivity index (χ1v) is 11.0. The Morgan fingerprint density at radius 3 is 2.43 bits per heavy atom. The number of hydrogen-bond acceptors (Lipinski definition) is 4. The molecule has 1 amide bonds. The lowest BCUT2D eigenvalue weighted by Crippen LogP contribution is -2.46. The Morgan fingerprint density at radius 1 is 1.17 bits per heavy atom. The molecule has 9 heteroatoms. The second-order valence-electron chi connectivity index (χ2n) is 7.36. The Kier molecular flexibility index (Phi) is 6.36. The normalized spacial score (nSPS) is 23.4. The first-order valence-electron chi connectivity index (χ1n) is 9.45. The van der Waals surface area contributed by atoms with Crippen LogP contribution in [0.3, 0.4) is 0 Å². The van der Waals surface area contributed by atoms with Crippen molar-refractivity contribution in [2.24, 2.45) is 4.99 Å². The summed E-state index contributed by atoms with van der Waals surface area (Å²) < 4.78 is 11.9. The number of carbonyl (C=O) groups is 1. The zero-order chi connectivity index (χ0) is 21.3. The number of nitrogens with one attached hydrogen (secondary N) is 1. The summed E-state index contributed by atoms with van der Waals surface area (Å²) in [7, 11) is 0. The van der Waals surface area contributed by atoms with E-state index < -0.39 is 11.8 Å². The second kappa shape index (κ2) is 8.85. The van der Waals surface area contributed by atoms with Crippen LogP contribution < -0.4 is 10.2 Å². The largest absolute Gasteiger partial charge is 0.348 e. The van der Waals surface area contributed by atoms with Gasteiger partial charge in [0.1, 0.15) is 5.54 Å². The molecular weight excluding hydrogens is 493 g/mol. The molecule has 1 N–H and O–H groups in total. The van der Waals surface area contributed by atoms with Crippen LogP contribution in [-0.2, 0) is 20.7 Å². The maximum absolute atomic E-state index is 13.6. The number of hydrogen-bond donors (Lipinski definition) is 1. The van der Waals surface area contributed by atoms with E-state index in [9.17, 15) is 4.79 Å². The summed E-state index contributed by atoms with van der Waals surface area (Å²) in [5.74, 6) is 0.271. The van der Waals surface area contributed by atoms with Crippen molar-refractivity contribution in [1.82, 2.24) is 5.32 Å². The number of rotatable bonds is 5. The molecule has 0 bridgehead atoms. The fraction of sp³-hybridized carbons (Fsp3) is 0.333. The van der Waals surface area contributed by atoms with Crippen molar-refractivity contribution < 1.29 is 14.3 Å². The van der Waals surface area contributed by atoms with E-state index in [1.165, 1.54) is 4.90 Å². The maximum Gasteiger partial charge on any atom is 0.259 e. The van der Waals surface area contributed by atoms with Gasteiger partial charge in [-0.15, -0.1) is 0 Å². The van der Waals surface area contributed by atoms with Crippen LogP contribution in [-0.4, -0.2) is 43.5 Å². The van der Waals surface area contributed by atoms with Gasteiger partial charge in [0.15, 0.2) is 6.29 Å². The van der Waals surface area contributed by atoms with Crippen LogP contribution in [0.4, 0.5) is 5.69 Å². The highest BCUT2D eigenvalue weighted by molar-refractivity contribution is 9.10. The molecular formula is C21H20BrCl2N3O3. The molecule has 2 saturated heterocycles. The Hall–Kier alpha value is -1.64. The molecule has 4 rings (SSSR count). The Balaban J connectivity index is 1.67. The molecule has 0 aliphatic carbocycles. The number of anilines is 1. The van der Waals surface area contributed by atoms with E-state index >= 15 is 0 Å². The van der Waals surface area contributed by atoms with Gasteiger partial charge in [-0.05, 0) is 42.8 Å². The lowest BCUT2D eigenvalue weighted by molar-refractivity contribution is -0.121. The van der Waals surface area contributed by atoms with Crippen LogP contribution in [0.1, 0.15) is 12.5 Å². The number of ether oxygens (including phenoxy) is 2. The Labute approximate surface area is 193 Å². The summed E-state index contributed by atoms with van der Waals surface area (Å²) in [5, 5.41) is 4.19. The van der Waals surface area contributed by atoms with Crippen LogP contribution in [0.2, 0.25) is 10.0 Å². The number of amides is 1. The van der Waals surface area contributed by atoms with Gasteiger partial charge < -0.3 is 14.8 Å². The number of nitrogens with zero attached hydrogens (tertiary/aromatic N) is 2. The first kappa shape index (κ1) is 21.6. The fourth-order valence-electron chi connectivity index (χ4n) is 3.52. The third kappa shape index (κ3) is 4.65. The van der Waals surface area contributed by atoms with E-state index in [2.05, 4.69) is 26.2 Å². The minimum atomic E-state index is -0.890. The minimum Gasteiger partial charge on any atom is -0.348 e. The lowest BCUT2D eigenvalue weighted by Gasteiger charge is -2.22. The van der Waals surface area contributed by atoms with Crippen LogP contribution in [0.5, 0.6) is 0 Å². The van der Waals surface area contributed by atoms with Crippen LogP contribution in [0, 0.1) is 0 Å². The molecule has 2 aromatic rings. The smallest absolute Gasteiger partial charge is 0.259 e. The van der Waals surface area contributed by atoms with Crippen molar-refractivity contribution in [2.75, 3.05) is 24.7 Å². The summed E-state index contributed by atoms with van der Waals surface area (Å²) in [6.45, 7) is 3.21. The fourth-order valence-corrected chi connectivity index (χ4v) is 4.30. The summed E-state index contributed by atoms with van der Waals surface area (Å²) in [4.78, 5) is 19.7. The third-order valence-electron chi connectivity index (χ3n) is 4.93. The highest BCUT2D eigenvalue weighted by Gasteiger charge is 2.47. The average Bonchev–Trinajstić information content (AvgIpc) is 3.28. The number of guanidine groups is 1. The maximum atomic E-state index is 13.6. The molecule has 158 valence electrons. The molecule has 1 atom stereocenters. The molecule has 2 aliphatic heterocycles. The van der Waals surface area contributed by atoms with Gasteiger partial charge in [-0.3, -0.25) is 4.79 Å². The summed E-state index contributed by atoms with van der Waals surface area (Å²) in [6.07, 6.45) is 0.0665. The number of carbonyl (C=O) groups excluding carboxylic acids is 1. The van der Waals surface area contributed by atoms with Gasteiger partial charge in [-0.25, -0.2) is 9.89 Å². The molecule has 2 aliphatic rings. The van der Waals surface area contributed by atoms with E-state index in [0.717, 1.165) is 10.0 Å². The molecule has 2 aromatic carbocycles. The molecule has 30 heavy (non-hydrogen) atoms. The van der Waals surface area contributed by atoms with E-state index in [-0.39, 0.29) is 12.5 Å².